The van der Waals surface area contributed by atoms with Gasteiger partial charge in [0.1, 0.15) is 5.75 Å². The van der Waals surface area contributed by atoms with Gasteiger partial charge in [-0.3, -0.25) is 4.98 Å². The highest BCUT2D eigenvalue weighted by atomic mass is 35.5. The maximum absolute atomic E-state index is 11.8. The van der Waals surface area contributed by atoms with Gasteiger partial charge in [-0.2, -0.15) is 0 Å². The molecule has 0 radical (unpaired) electrons. The van der Waals surface area contributed by atoms with E-state index in [9.17, 15) is 4.79 Å². The molecule has 0 spiro atoms. The molecule has 0 aliphatic rings. The Morgan fingerprint density at radius 1 is 1.29 bits per heavy atom. The summed E-state index contributed by atoms with van der Waals surface area (Å²) in [6.45, 7) is 3.89. The van der Waals surface area contributed by atoms with Gasteiger partial charge in [-0.25, -0.2) is 4.79 Å². The van der Waals surface area contributed by atoms with Crippen molar-refractivity contribution in [3.63, 3.8) is 0 Å². The van der Waals surface area contributed by atoms with Crippen LogP contribution in [0.5, 0.6) is 5.75 Å². The Kier molecular flexibility index (Phi) is 4.81. The van der Waals surface area contributed by atoms with Crippen LogP contribution in [-0.2, 0) is 4.74 Å². The zero-order valence-corrected chi connectivity index (χ0v) is 12.9. The third-order valence-electron chi connectivity index (χ3n) is 3.02. The van der Waals surface area contributed by atoms with E-state index in [-0.39, 0.29) is 5.97 Å². The van der Waals surface area contributed by atoms with Crippen molar-refractivity contribution in [2.75, 3.05) is 13.7 Å². The minimum atomic E-state index is -0.364. The van der Waals surface area contributed by atoms with Crippen molar-refractivity contribution in [2.45, 2.75) is 13.8 Å². The number of carbonyl (C=O) groups is 1. The number of methoxy groups -OCH3 is 1. The van der Waals surface area contributed by atoms with Gasteiger partial charge in [0.2, 0.25) is 0 Å². The van der Waals surface area contributed by atoms with Crippen LogP contribution in [0.1, 0.15) is 23.0 Å². The lowest BCUT2D eigenvalue weighted by atomic mass is 10.1. The number of ether oxygens (including phenoxy) is 2. The predicted molar refractivity (Wildman–Crippen MR) is 81.9 cm³/mol. The summed E-state index contributed by atoms with van der Waals surface area (Å²) in [6.07, 6.45) is 0. The van der Waals surface area contributed by atoms with E-state index in [4.69, 9.17) is 21.1 Å². The van der Waals surface area contributed by atoms with E-state index in [1.54, 1.807) is 45.2 Å². The third kappa shape index (κ3) is 3.34. The van der Waals surface area contributed by atoms with Crippen LogP contribution in [0.25, 0.3) is 11.3 Å². The van der Waals surface area contributed by atoms with Crippen molar-refractivity contribution >= 4 is 17.6 Å². The van der Waals surface area contributed by atoms with Gasteiger partial charge in [0.15, 0.2) is 0 Å². The van der Waals surface area contributed by atoms with E-state index in [0.29, 0.717) is 34.3 Å². The quantitative estimate of drug-likeness (QED) is 0.804. The van der Waals surface area contributed by atoms with E-state index < -0.39 is 0 Å². The van der Waals surface area contributed by atoms with Crippen molar-refractivity contribution in [1.82, 2.24) is 4.98 Å². The predicted octanol–water partition coefficient (Wildman–Crippen LogP) is 3.90. The topological polar surface area (TPSA) is 48.4 Å². The van der Waals surface area contributed by atoms with Gasteiger partial charge in [-0.15, -0.1) is 0 Å². The molecular weight excluding hydrogens is 290 g/mol. The molecule has 1 aromatic heterocycles. The van der Waals surface area contributed by atoms with Crippen LogP contribution in [-0.4, -0.2) is 24.7 Å². The van der Waals surface area contributed by atoms with Crippen LogP contribution in [0.3, 0.4) is 0 Å². The molecule has 0 aliphatic heterocycles. The summed E-state index contributed by atoms with van der Waals surface area (Å²) in [4.78, 5) is 16.2. The Bertz CT molecular complexity index is 671. The molecule has 0 aliphatic carbocycles. The molecule has 0 fully saturated rings. The first-order valence-corrected chi connectivity index (χ1v) is 6.93. The summed E-state index contributed by atoms with van der Waals surface area (Å²) in [7, 11) is 1.58. The lowest BCUT2D eigenvalue weighted by Crippen LogP contribution is -2.08. The van der Waals surface area contributed by atoms with Gasteiger partial charge in [0, 0.05) is 10.6 Å². The highest BCUT2D eigenvalue weighted by Gasteiger charge is 2.14. The first-order valence-electron chi connectivity index (χ1n) is 6.55. The van der Waals surface area contributed by atoms with E-state index in [0.717, 1.165) is 5.56 Å². The molecule has 0 saturated heterocycles. The summed E-state index contributed by atoms with van der Waals surface area (Å²) in [6, 6.07) is 8.82. The Morgan fingerprint density at radius 2 is 2.05 bits per heavy atom. The zero-order chi connectivity index (χ0) is 15.4. The number of halogens is 1. The second-order valence-corrected chi connectivity index (χ2v) is 4.83. The van der Waals surface area contributed by atoms with Crippen LogP contribution in [0.15, 0.2) is 30.3 Å². The highest BCUT2D eigenvalue weighted by Crippen LogP contribution is 2.31. The molecule has 4 nitrogen and oxygen atoms in total. The van der Waals surface area contributed by atoms with Crippen molar-refractivity contribution in [3.8, 4) is 17.0 Å². The molecule has 0 atom stereocenters. The summed E-state index contributed by atoms with van der Waals surface area (Å²) in [5.41, 5.74) is 2.62. The van der Waals surface area contributed by atoms with Gasteiger partial charge in [0.05, 0.1) is 30.7 Å². The van der Waals surface area contributed by atoms with Crippen molar-refractivity contribution in [2.24, 2.45) is 0 Å². The van der Waals surface area contributed by atoms with Gasteiger partial charge in [-0.05, 0) is 44.2 Å². The van der Waals surface area contributed by atoms with Crippen LogP contribution in [0.4, 0.5) is 0 Å². The van der Waals surface area contributed by atoms with Gasteiger partial charge < -0.3 is 9.47 Å². The molecule has 0 unspecified atom stereocenters. The number of carbonyl (C=O) groups excluding carboxylic acids is 1. The Balaban J connectivity index is 2.43. The average molecular weight is 306 g/mol. The Labute approximate surface area is 128 Å². The smallest absolute Gasteiger partial charge is 0.339 e. The fourth-order valence-corrected chi connectivity index (χ4v) is 2.17. The number of hydrogen-bond acceptors (Lipinski definition) is 4. The molecule has 1 aromatic carbocycles. The number of hydrogen-bond donors (Lipinski definition) is 0. The molecule has 0 bridgehead atoms. The number of pyridine rings is 1. The van der Waals surface area contributed by atoms with Crippen LogP contribution < -0.4 is 4.74 Å². The summed E-state index contributed by atoms with van der Waals surface area (Å²) >= 11 is 5.95. The van der Waals surface area contributed by atoms with Gasteiger partial charge in [0.25, 0.3) is 0 Å². The largest absolute Gasteiger partial charge is 0.496 e. The number of rotatable bonds is 4. The van der Waals surface area contributed by atoms with Crippen LogP contribution in [0.2, 0.25) is 5.02 Å². The molecule has 0 saturated carbocycles. The van der Waals surface area contributed by atoms with E-state index in [1.165, 1.54) is 0 Å². The fourth-order valence-electron chi connectivity index (χ4n) is 2.01. The van der Waals surface area contributed by atoms with Crippen molar-refractivity contribution in [1.29, 1.82) is 0 Å². The second-order valence-electron chi connectivity index (χ2n) is 4.39. The number of nitrogens with zero attached hydrogens (tertiary/aromatic N) is 1. The van der Waals surface area contributed by atoms with E-state index in [2.05, 4.69) is 4.98 Å². The Morgan fingerprint density at radius 3 is 2.67 bits per heavy atom. The molecule has 5 heteroatoms. The molecule has 2 aromatic rings. The molecule has 110 valence electrons. The molecule has 0 amide bonds. The van der Waals surface area contributed by atoms with E-state index in [1.807, 2.05) is 6.07 Å². The number of esters is 1. The van der Waals surface area contributed by atoms with Crippen molar-refractivity contribution in [3.05, 3.63) is 46.6 Å². The Hall–Kier alpha value is -2.07. The third-order valence-corrected chi connectivity index (χ3v) is 3.26. The maximum Gasteiger partial charge on any atom is 0.339 e. The van der Waals surface area contributed by atoms with Crippen LogP contribution >= 0.6 is 11.6 Å². The maximum atomic E-state index is 11.8. The molecular formula is C16H16ClNO3. The standard InChI is InChI=1S/C16H16ClNO3/c1-4-21-16(19)12-7-8-14(18-10(12)2)13-6-5-11(17)9-15(13)20-3/h5-9H,4H2,1-3H3. The highest BCUT2D eigenvalue weighted by molar-refractivity contribution is 6.30. The monoisotopic (exact) mass is 305 g/mol. The number of aryl methyl sites for hydroxylation is 1. The lowest BCUT2D eigenvalue weighted by molar-refractivity contribution is 0.0525. The first kappa shape index (κ1) is 15.3. The SMILES string of the molecule is CCOC(=O)c1ccc(-c2ccc(Cl)cc2OC)nc1C. The first-order chi connectivity index (χ1) is 10.1. The second kappa shape index (κ2) is 6.59. The zero-order valence-electron chi connectivity index (χ0n) is 12.1. The van der Waals surface area contributed by atoms with E-state index >= 15 is 0 Å². The molecule has 1 heterocycles. The number of aromatic nitrogens is 1. The number of benzene rings is 1. The summed E-state index contributed by atoms with van der Waals surface area (Å²) in [5, 5.41) is 0.593. The molecule has 2 rings (SSSR count). The average Bonchev–Trinajstić information content (AvgIpc) is 2.47. The minimum absolute atomic E-state index is 0.338. The van der Waals surface area contributed by atoms with Crippen LogP contribution in [0, 0.1) is 6.92 Å². The summed E-state index contributed by atoms with van der Waals surface area (Å²) in [5.74, 6) is 0.274. The normalized spacial score (nSPS) is 10.3. The minimum Gasteiger partial charge on any atom is -0.496 e. The van der Waals surface area contributed by atoms with Crippen molar-refractivity contribution < 1.29 is 14.3 Å². The molecule has 21 heavy (non-hydrogen) atoms. The molecule has 0 N–H and O–H groups in total. The van der Waals surface area contributed by atoms with Gasteiger partial charge >= 0.3 is 5.97 Å². The lowest BCUT2D eigenvalue weighted by Gasteiger charge is -2.10. The summed E-state index contributed by atoms with van der Waals surface area (Å²) < 4.78 is 10.3. The van der Waals surface area contributed by atoms with Gasteiger partial charge in [-0.1, -0.05) is 11.6 Å². The fraction of sp³-hybridized carbons (Fsp3) is 0.250.